The van der Waals surface area contributed by atoms with Crippen LogP contribution in [-0.4, -0.2) is 4.98 Å². The molecule has 2 nitrogen and oxygen atoms in total. The van der Waals surface area contributed by atoms with Crippen LogP contribution in [0.15, 0.2) is 6.07 Å². The third-order valence-electron chi connectivity index (χ3n) is 2.82. The summed E-state index contributed by atoms with van der Waals surface area (Å²) in [6, 6.07) is 1.85. The zero-order chi connectivity index (χ0) is 10.3. The van der Waals surface area contributed by atoms with Gasteiger partial charge >= 0.3 is 0 Å². The van der Waals surface area contributed by atoms with Crippen molar-refractivity contribution in [3.8, 4) is 0 Å². The molecular weight excluding hydrogens is 221 g/mol. The first-order valence-electron chi connectivity index (χ1n) is 4.56. The van der Waals surface area contributed by atoms with Gasteiger partial charge in [0.05, 0.1) is 12.2 Å². The van der Waals surface area contributed by atoms with Gasteiger partial charge in [-0.3, -0.25) is 0 Å². The standard InChI is InChI=1S/C10H11Cl2NO/c1-3-10(2)7-4-8(11)13-9(12)6(7)5-14-10/h4H,3,5H2,1-2H3. The molecule has 0 radical (unpaired) electrons. The average Bonchev–Trinajstić information content (AvgIpc) is 2.46. The summed E-state index contributed by atoms with van der Waals surface area (Å²) < 4.78 is 5.71. The van der Waals surface area contributed by atoms with E-state index in [-0.39, 0.29) is 5.60 Å². The van der Waals surface area contributed by atoms with E-state index in [1.54, 1.807) is 0 Å². The van der Waals surface area contributed by atoms with E-state index in [1.165, 1.54) is 0 Å². The largest absolute Gasteiger partial charge is 0.366 e. The molecule has 1 aliphatic heterocycles. The summed E-state index contributed by atoms with van der Waals surface area (Å²) in [7, 11) is 0. The van der Waals surface area contributed by atoms with Gasteiger partial charge in [-0.15, -0.1) is 0 Å². The van der Waals surface area contributed by atoms with Gasteiger partial charge in [-0.1, -0.05) is 30.1 Å². The van der Waals surface area contributed by atoms with Crippen molar-refractivity contribution in [1.82, 2.24) is 4.98 Å². The number of rotatable bonds is 1. The molecule has 1 aromatic heterocycles. The molecule has 1 aromatic rings. The minimum Gasteiger partial charge on any atom is -0.366 e. The second kappa shape index (κ2) is 3.37. The highest BCUT2D eigenvalue weighted by atomic mass is 35.5. The lowest BCUT2D eigenvalue weighted by molar-refractivity contribution is -0.0259. The van der Waals surface area contributed by atoms with Gasteiger partial charge in [0.15, 0.2) is 0 Å². The van der Waals surface area contributed by atoms with Crippen LogP contribution in [0.5, 0.6) is 0 Å². The minimum atomic E-state index is -0.258. The summed E-state index contributed by atoms with van der Waals surface area (Å²) in [5, 5.41) is 0.892. The second-order valence-electron chi connectivity index (χ2n) is 3.63. The van der Waals surface area contributed by atoms with Gasteiger partial charge in [-0.2, -0.15) is 0 Å². The van der Waals surface area contributed by atoms with E-state index >= 15 is 0 Å². The number of fused-ring (bicyclic) bond motifs is 1. The smallest absolute Gasteiger partial charge is 0.136 e. The Labute approximate surface area is 93.2 Å². The fourth-order valence-corrected chi connectivity index (χ4v) is 2.21. The van der Waals surface area contributed by atoms with E-state index in [4.69, 9.17) is 27.9 Å². The maximum atomic E-state index is 5.98. The predicted molar refractivity (Wildman–Crippen MR) is 56.7 cm³/mol. The number of hydrogen-bond donors (Lipinski definition) is 0. The molecule has 76 valence electrons. The van der Waals surface area contributed by atoms with Crippen molar-refractivity contribution in [2.75, 3.05) is 0 Å². The SMILES string of the molecule is CCC1(C)OCc2c1cc(Cl)nc2Cl. The fourth-order valence-electron chi connectivity index (χ4n) is 1.72. The van der Waals surface area contributed by atoms with Gasteiger partial charge in [0.2, 0.25) is 0 Å². The molecule has 1 aliphatic rings. The molecule has 0 N–H and O–H groups in total. The van der Waals surface area contributed by atoms with Crippen LogP contribution < -0.4 is 0 Å². The molecule has 0 saturated carbocycles. The Kier molecular flexibility index (Phi) is 2.46. The first-order chi connectivity index (χ1) is 6.57. The van der Waals surface area contributed by atoms with Crippen molar-refractivity contribution in [1.29, 1.82) is 0 Å². The third-order valence-corrected chi connectivity index (χ3v) is 3.33. The molecule has 2 heterocycles. The van der Waals surface area contributed by atoms with E-state index in [0.717, 1.165) is 17.5 Å². The molecule has 14 heavy (non-hydrogen) atoms. The lowest BCUT2D eigenvalue weighted by atomic mass is 9.93. The Morgan fingerprint density at radius 2 is 2.29 bits per heavy atom. The monoisotopic (exact) mass is 231 g/mol. The Bertz CT molecular complexity index is 381. The molecule has 0 bridgehead atoms. The highest BCUT2D eigenvalue weighted by Crippen LogP contribution is 2.41. The molecule has 0 aliphatic carbocycles. The molecule has 0 spiro atoms. The van der Waals surface area contributed by atoms with Crippen LogP contribution >= 0.6 is 23.2 Å². The van der Waals surface area contributed by atoms with E-state index in [9.17, 15) is 0 Å². The lowest BCUT2D eigenvalue weighted by Crippen LogP contribution is -2.18. The van der Waals surface area contributed by atoms with Gasteiger partial charge < -0.3 is 4.74 Å². The Balaban J connectivity index is 2.60. The number of aromatic nitrogens is 1. The Hall–Kier alpha value is -0.310. The maximum absolute atomic E-state index is 5.98. The summed E-state index contributed by atoms with van der Waals surface area (Å²) in [6.45, 7) is 4.66. The number of halogens is 2. The predicted octanol–water partition coefficient (Wildman–Crippen LogP) is 3.54. The first kappa shape index (κ1) is 10.2. The van der Waals surface area contributed by atoms with Crippen molar-refractivity contribution >= 4 is 23.2 Å². The molecule has 0 amide bonds. The highest BCUT2D eigenvalue weighted by Gasteiger charge is 2.35. The van der Waals surface area contributed by atoms with Crippen molar-refractivity contribution in [2.45, 2.75) is 32.5 Å². The summed E-state index contributed by atoms with van der Waals surface area (Å²) in [5.74, 6) is 0. The number of nitrogens with zero attached hydrogens (tertiary/aromatic N) is 1. The Morgan fingerprint density at radius 1 is 1.57 bits per heavy atom. The zero-order valence-electron chi connectivity index (χ0n) is 8.10. The van der Waals surface area contributed by atoms with E-state index in [2.05, 4.69) is 11.9 Å². The summed E-state index contributed by atoms with van der Waals surface area (Å²) in [4.78, 5) is 4.00. The van der Waals surface area contributed by atoms with Gasteiger partial charge in [-0.25, -0.2) is 4.98 Å². The van der Waals surface area contributed by atoms with Crippen LogP contribution in [0.1, 0.15) is 31.4 Å². The van der Waals surface area contributed by atoms with Crippen LogP contribution in [0.3, 0.4) is 0 Å². The summed E-state index contributed by atoms with van der Waals surface area (Å²) in [6.07, 6.45) is 0.899. The van der Waals surface area contributed by atoms with Crippen LogP contribution in [-0.2, 0) is 16.9 Å². The second-order valence-corrected chi connectivity index (χ2v) is 4.38. The van der Waals surface area contributed by atoms with E-state index < -0.39 is 0 Å². The lowest BCUT2D eigenvalue weighted by Gasteiger charge is -2.22. The molecule has 0 fully saturated rings. The van der Waals surface area contributed by atoms with Gasteiger partial charge in [-0.05, 0) is 25.0 Å². The molecule has 0 saturated heterocycles. The van der Waals surface area contributed by atoms with Gasteiger partial charge in [0, 0.05) is 5.56 Å². The highest BCUT2D eigenvalue weighted by molar-refractivity contribution is 6.33. The third kappa shape index (κ3) is 1.42. The van der Waals surface area contributed by atoms with Crippen molar-refractivity contribution in [3.63, 3.8) is 0 Å². The zero-order valence-corrected chi connectivity index (χ0v) is 9.61. The molecular formula is C10H11Cl2NO. The number of pyridine rings is 1. The molecule has 4 heteroatoms. The van der Waals surface area contributed by atoms with E-state index in [1.807, 2.05) is 13.0 Å². The van der Waals surface area contributed by atoms with Crippen LogP contribution in [0, 0.1) is 0 Å². The normalized spacial score (nSPS) is 25.1. The minimum absolute atomic E-state index is 0.258. The topological polar surface area (TPSA) is 22.1 Å². The molecule has 2 rings (SSSR count). The van der Waals surface area contributed by atoms with Crippen molar-refractivity contribution in [3.05, 3.63) is 27.5 Å². The first-order valence-corrected chi connectivity index (χ1v) is 5.32. The molecule has 0 aromatic carbocycles. The molecule has 1 unspecified atom stereocenters. The van der Waals surface area contributed by atoms with Crippen LogP contribution in [0.4, 0.5) is 0 Å². The summed E-state index contributed by atoms with van der Waals surface area (Å²) >= 11 is 11.8. The van der Waals surface area contributed by atoms with Crippen LogP contribution in [0.2, 0.25) is 10.3 Å². The fraction of sp³-hybridized carbons (Fsp3) is 0.500. The Morgan fingerprint density at radius 3 is 2.93 bits per heavy atom. The molecule has 1 atom stereocenters. The van der Waals surface area contributed by atoms with Crippen LogP contribution in [0.25, 0.3) is 0 Å². The van der Waals surface area contributed by atoms with Crippen molar-refractivity contribution in [2.24, 2.45) is 0 Å². The van der Waals surface area contributed by atoms with Gasteiger partial charge in [0.25, 0.3) is 0 Å². The maximum Gasteiger partial charge on any atom is 0.136 e. The quantitative estimate of drug-likeness (QED) is 0.691. The van der Waals surface area contributed by atoms with Crippen molar-refractivity contribution < 1.29 is 4.74 Å². The average molecular weight is 232 g/mol. The van der Waals surface area contributed by atoms with E-state index in [0.29, 0.717) is 16.9 Å². The number of ether oxygens (including phenoxy) is 1. The van der Waals surface area contributed by atoms with Gasteiger partial charge in [0.1, 0.15) is 10.3 Å². The number of hydrogen-bond acceptors (Lipinski definition) is 2. The summed E-state index contributed by atoms with van der Waals surface area (Å²) in [5.41, 5.74) is 1.79.